The minimum atomic E-state index is 0.635. The molecular weight excluding hydrogens is 198 g/mol. The molecule has 0 bridgehead atoms. The molecule has 0 aromatic heterocycles. The number of rotatable bonds is 5. The van der Waals surface area contributed by atoms with Crippen molar-refractivity contribution < 1.29 is 4.74 Å². The predicted molar refractivity (Wildman–Crippen MR) is 67.9 cm³/mol. The first-order chi connectivity index (χ1) is 7.90. The summed E-state index contributed by atoms with van der Waals surface area (Å²) in [4.78, 5) is 0. The third-order valence-corrected chi connectivity index (χ3v) is 3.18. The van der Waals surface area contributed by atoms with Gasteiger partial charge < -0.3 is 10.1 Å². The average molecular weight is 219 g/mol. The molecule has 16 heavy (non-hydrogen) atoms. The molecule has 88 valence electrons. The van der Waals surface area contributed by atoms with Crippen molar-refractivity contribution in [1.29, 1.82) is 0 Å². The molecule has 1 atom stereocenters. The fourth-order valence-corrected chi connectivity index (χ4v) is 2.29. The summed E-state index contributed by atoms with van der Waals surface area (Å²) in [6.45, 7) is 3.78. The maximum Gasteiger partial charge on any atom is 0.0466 e. The third-order valence-electron chi connectivity index (χ3n) is 3.18. The molecule has 1 aliphatic heterocycles. The van der Waals surface area contributed by atoms with Gasteiger partial charge in [0, 0.05) is 24.9 Å². The maximum atomic E-state index is 5.37. The van der Waals surface area contributed by atoms with Crippen LogP contribution in [-0.4, -0.2) is 19.3 Å². The van der Waals surface area contributed by atoms with Crippen LogP contribution in [0.25, 0.3) is 0 Å². The van der Waals surface area contributed by atoms with Crippen molar-refractivity contribution in [3.63, 3.8) is 0 Å². The Hall–Kier alpha value is -1.02. The lowest BCUT2D eigenvalue weighted by Crippen LogP contribution is -2.25. The molecular formula is C14H21NO. The van der Waals surface area contributed by atoms with Crippen molar-refractivity contribution in [2.24, 2.45) is 0 Å². The predicted octanol–water partition coefficient (Wildman–Crippen LogP) is 3.23. The Balaban J connectivity index is 1.79. The lowest BCUT2D eigenvalue weighted by atomic mass is 9.95. The Labute approximate surface area is 98.0 Å². The first-order valence-electron chi connectivity index (χ1n) is 6.32. The normalized spacial score (nSPS) is 18.9. The molecule has 0 amide bonds. The molecule has 0 saturated carbocycles. The molecule has 1 aliphatic rings. The highest BCUT2D eigenvalue weighted by atomic mass is 16.5. The summed E-state index contributed by atoms with van der Waals surface area (Å²) in [5.74, 6) is 0. The number of hydrogen-bond acceptors (Lipinski definition) is 2. The first-order valence-corrected chi connectivity index (χ1v) is 6.32. The lowest BCUT2D eigenvalue weighted by molar-refractivity contribution is 0.142. The van der Waals surface area contributed by atoms with Crippen molar-refractivity contribution in [3.05, 3.63) is 29.8 Å². The van der Waals surface area contributed by atoms with Crippen LogP contribution in [0.3, 0.4) is 0 Å². The lowest BCUT2D eigenvalue weighted by Gasteiger charge is -2.27. The van der Waals surface area contributed by atoms with E-state index in [9.17, 15) is 0 Å². The molecule has 1 aromatic carbocycles. The van der Waals surface area contributed by atoms with Gasteiger partial charge in [-0.1, -0.05) is 18.2 Å². The Morgan fingerprint density at radius 2 is 2.25 bits per heavy atom. The van der Waals surface area contributed by atoms with Crippen LogP contribution in [0.4, 0.5) is 5.69 Å². The van der Waals surface area contributed by atoms with E-state index in [0.29, 0.717) is 6.04 Å². The average Bonchev–Trinajstić information content (AvgIpc) is 2.34. The number of hydrogen-bond donors (Lipinski definition) is 1. The quantitative estimate of drug-likeness (QED) is 0.768. The molecule has 1 aromatic rings. The fourth-order valence-electron chi connectivity index (χ4n) is 2.29. The third kappa shape index (κ3) is 2.99. The van der Waals surface area contributed by atoms with E-state index in [1.807, 2.05) is 0 Å². The van der Waals surface area contributed by atoms with E-state index in [1.54, 1.807) is 0 Å². The van der Waals surface area contributed by atoms with Gasteiger partial charge in [0.1, 0.15) is 0 Å². The van der Waals surface area contributed by atoms with Crippen LogP contribution >= 0.6 is 0 Å². The molecule has 1 heterocycles. The zero-order valence-corrected chi connectivity index (χ0v) is 10.0. The number of anilines is 1. The SMILES string of the molecule is CCOCCCC1CCc2ccccc2N1. The van der Waals surface area contributed by atoms with Gasteiger partial charge >= 0.3 is 0 Å². The molecule has 2 nitrogen and oxygen atoms in total. The van der Waals surface area contributed by atoms with E-state index in [1.165, 1.54) is 30.5 Å². The van der Waals surface area contributed by atoms with E-state index in [-0.39, 0.29) is 0 Å². The van der Waals surface area contributed by atoms with Gasteiger partial charge in [0.25, 0.3) is 0 Å². The monoisotopic (exact) mass is 219 g/mol. The summed E-state index contributed by atoms with van der Waals surface area (Å²) < 4.78 is 5.37. The number of para-hydroxylation sites is 1. The van der Waals surface area contributed by atoms with Crippen LogP contribution in [0.1, 0.15) is 31.7 Å². The molecule has 2 rings (SSSR count). The van der Waals surface area contributed by atoms with Gasteiger partial charge in [0.15, 0.2) is 0 Å². The highest BCUT2D eigenvalue weighted by Crippen LogP contribution is 2.25. The minimum Gasteiger partial charge on any atom is -0.382 e. The smallest absolute Gasteiger partial charge is 0.0466 e. The zero-order valence-electron chi connectivity index (χ0n) is 10.0. The molecule has 1 N–H and O–H groups in total. The van der Waals surface area contributed by atoms with E-state index in [0.717, 1.165) is 19.6 Å². The van der Waals surface area contributed by atoms with Crippen LogP contribution in [0.15, 0.2) is 24.3 Å². The first kappa shape index (κ1) is 11.5. The van der Waals surface area contributed by atoms with Crippen molar-refractivity contribution >= 4 is 5.69 Å². The summed E-state index contributed by atoms with van der Waals surface area (Å²) in [6, 6.07) is 9.27. The van der Waals surface area contributed by atoms with Crippen LogP contribution in [0, 0.1) is 0 Å². The number of benzene rings is 1. The summed E-state index contributed by atoms with van der Waals surface area (Å²) in [5.41, 5.74) is 2.79. The van der Waals surface area contributed by atoms with Crippen molar-refractivity contribution in [2.75, 3.05) is 18.5 Å². The van der Waals surface area contributed by atoms with E-state index >= 15 is 0 Å². The Morgan fingerprint density at radius 1 is 1.38 bits per heavy atom. The molecule has 1 unspecified atom stereocenters. The maximum absolute atomic E-state index is 5.37. The molecule has 0 saturated heterocycles. The molecule has 0 aliphatic carbocycles. The van der Waals surface area contributed by atoms with Crippen molar-refractivity contribution in [3.8, 4) is 0 Å². The van der Waals surface area contributed by atoms with E-state index in [4.69, 9.17) is 4.74 Å². The second-order valence-corrected chi connectivity index (χ2v) is 4.38. The van der Waals surface area contributed by atoms with Gasteiger partial charge in [-0.3, -0.25) is 0 Å². The van der Waals surface area contributed by atoms with Crippen LogP contribution in [-0.2, 0) is 11.2 Å². The Morgan fingerprint density at radius 3 is 3.12 bits per heavy atom. The number of aryl methyl sites for hydroxylation is 1. The van der Waals surface area contributed by atoms with Crippen LogP contribution in [0.5, 0.6) is 0 Å². The summed E-state index contributed by atoms with van der Waals surface area (Å²) >= 11 is 0. The zero-order chi connectivity index (χ0) is 11.2. The van der Waals surface area contributed by atoms with E-state index in [2.05, 4.69) is 36.5 Å². The highest BCUT2D eigenvalue weighted by Gasteiger charge is 2.16. The standard InChI is InChI=1S/C14H21NO/c1-2-16-11-5-7-13-10-9-12-6-3-4-8-14(12)15-13/h3-4,6,8,13,15H,2,5,7,9-11H2,1H3. The van der Waals surface area contributed by atoms with E-state index < -0.39 is 0 Å². The Bertz CT molecular complexity index is 324. The number of nitrogens with one attached hydrogen (secondary N) is 1. The second-order valence-electron chi connectivity index (χ2n) is 4.38. The van der Waals surface area contributed by atoms with Crippen LogP contribution in [0.2, 0.25) is 0 Å². The van der Waals surface area contributed by atoms with Gasteiger partial charge in [-0.15, -0.1) is 0 Å². The minimum absolute atomic E-state index is 0.635. The second kappa shape index (κ2) is 5.90. The molecule has 0 spiro atoms. The van der Waals surface area contributed by atoms with Gasteiger partial charge in [-0.2, -0.15) is 0 Å². The summed E-state index contributed by atoms with van der Waals surface area (Å²) in [6.07, 6.45) is 4.84. The van der Waals surface area contributed by atoms with Crippen molar-refractivity contribution in [2.45, 2.75) is 38.6 Å². The van der Waals surface area contributed by atoms with Gasteiger partial charge in [-0.25, -0.2) is 0 Å². The Kier molecular flexibility index (Phi) is 4.23. The highest BCUT2D eigenvalue weighted by molar-refractivity contribution is 5.53. The summed E-state index contributed by atoms with van der Waals surface area (Å²) in [5, 5.41) is 3.62. The number of ether oxygens (including phenoxy) is 1. The summed E-state index contributed by atoms with van der Waals surface area (Å²) in [7, 11) is 0. The fraction of sp³-hybridized carbons (Fsp3) is 0.571. The van der Waals surface area contributed by atoms with Gasteiger partial charge in [0.05, 0.1) is 0 Å². The largest absolute Gasteiger partial charge is 0.382 e. The number of fused-ring (bicyclic) bond motifs is 1. The molecule has 0 radical (unpaired) electrons. The van der Waals surface area contributed by atoms with Crippen LogP contribution < -0.4 is 5.32 Å². The van der Waals surface area contributed by atoms with Crippen molar-refractivity contribution in [1.82, 2.24) is 0 Å². The van der Waals surface area contributed by atoms with Gasteiger partial charge in [0.2, 0.25) is 0 Å². The molecule has 0 fully saturated rings. The molecule has 2 heteroatoms. The topological polar surface area (TPSA) is 21.3 Å². The van der Waals surface area contributed by atoms with Gasteiger partial charge in [-0.05, 0) is 44.2 Å².